The fourth-order valence-corrected chi connectivity index (χ4v) is 5.69. The van der Waals surface area contributed by atoms with Crippen molar-refractivity contribution in [1.82, 2.24) is 4.90 Å². The number of nitrogens with zero attached hydrogens (tertiary/aromatic N) is 1. The second-order valence-electron chi connectivity index (χ2n) is 7.04. The lowest BCUT2D eigenvalue weighted by Crippen LogP contribution is -2.52. The zero-order chi connectivity index (χ0) is 18.9. The summed E-state index contributed by atoms with van der Waals surface area (Å²) >= 11 is 0. The zero-order valence-corrected chi connectivity index (χ0v) is 15.5. The van der Waals surface area contributed by atoms with Gasteiger partial charge in [-0.15, -0.1) is 0 Å². The molecule has 0 unspecified atom stereocenters. The number of benzene rings is 1. The Hall–Kier alpha value is -2.09. The van der Waals surface area contributed by atoms with E-state index in [1.54, 1.807) is 19.2 Å². The van der Waals surface area contributed by atoms with Gasteiger partial charge in [-0.25, -0.2) is 13.2 Å². The standard InChI is InChI=1S/C18H23NO6S/c1-25-14-7-5-13(6-8-14)18(9-3-2-4-10-18)17(22)19-12-26(23,24)11-15(19)16(20)21/h5-8,15H,2-4,9-12H2,1H3,(H,20,21)/t15-/m1/s1. The van der Waals surface area contributed by atoms with E-state index in [0.29, 0.717) is 18.6 Å². The number of carbonyl (C=O) groups excluding carboxylic acids is 1. The van der Waals surface area contributed by atoms with Gasteiger partial charge >= 0.3 is 5.97 Å². The van der Waals surface area contributed by atoms with Crippen LogP contribution in [0.3, 0.4) is 0 Å². The predicted molar refractivity (Wildman–Crippen MR) is 94.7 cm³/mol. The number of hydrogen-bond acceptors (Lipinski definition) is 5. The largest absolute Gasteiger partial charge is 0.497 e. The third kappa shape index (κ3) is 3.30. The third-order valence-corrected chi connectivity index (χ3v) is 6.92. The molecule has 0 radical (unpaired) electrons. The topological polar surface area (TPSA) is 101 Å². The maximum atomic E-state index is 13.4. The molecule has 1 heterocycles. The van der Waals surface area contributed by atoms with Crippen molar-refractivity contribution in [2.45, 2.75) is 43.6 Å². The molecule has 8 heteroatoms. The van der Waals surface area contributed by atoms with Crippen LogP contribution in [-0.2, 0) is 24.8 Å². The Balaban J connectivity index is 2.01. The summed E-state index contributed by atoms with van der Waals surface area (Å²) in [5.41, 5.74) is -0.0885. The van der Waals surface area contributed by atoms with Gasteiger partial charge in [0.05, 0.1) is 18.3 Å². The van der Waals surface area contributed by atoms with Crippen LogP contribution in [0, 0.1) is 0 Å². The molecule has 1 aliphatic carbocycles. The molecule has 7 nitrogen and oxygen atoms in total. The number of hydrogen-bond donors (Lipinski definition) is 1. The summed E-state index contributed by atoms with van der Waals surface area (Å²) in [4.78, 5) is 26.0. The van der Waals surface area contributed by atoms with E-state index >= 15 is 0 Å². The number of amides is 1. The van der Waals surface area contributed by atoms with Gasteiger partial charge in [0, 0.05) is 0 Å². The van der Waals surface area contributed by atoms with Crippen molar-refractivity contribution < 1.29 is 27.9 Å². The molecular formula is C18H23NO6S. The molecule has 3 rings (SSSR count). The van der Waals surface area contributed by atoms with Crippen LogP contribution in [0.5, 0.6) is 5.75 Å². The minimum absolute atomic E-state index is 0.393. The molecule has 1 aliphatic heterocycles. The van der Waals surface area contributed by atoms with Gasteiger partial charge in [0.2, 0.25) is 5.91 Å². The quantitative estimate of drug-likeness (QED) is 0.849. The van der Waals surface area contributed by atoms with Crippen molar-refractivity contribution in [3.63, 3.8) is 0 Å². The average Bonchev–Trinajstić information content (AvgIpc) is 2.97. The van der Waals surface area contributed by atoms with Crippen LogP contribution in [0.4, 0.5) is 0 Å². The number of aliphatic carboxylic acids is 1. The number of sulfone groups is 1. The highest BCUT2D eigenvalue weighted by Crippen LogP contribution is 2.42. The maximum absolute atomic E-state index is 13.4. The second-order valence-corrected chi connectivity index (χ2v) is 9.12. The second kappa shape index (κ2) is 6.90. The molecule has 142 valence electrons. The Morgan fingerprint density at radius 1 is 1.15 bits per heavy atom. The summed E-state index contributed by atoms with van der Waals surface area (Å²) in [7, 11) is -2.03. The number of rotatable bonds is 4. The molecule has 1 saturated heterocycles. The molecule has 1 N–H and O–H groups in total. The minimum atomic E-state index is -3.59. The smallest absolute Gasteiger partial charge is 0.327 e. The van der Waals surface area contributed by atoms with Crippen LogP contribution in [0.25, 0.3) is 0 Å². The maximum Gasteiger partial charge on any atom is 0.327 e. The number of carboxylic acids is 1. The van der Waals surface area contributed by atoms with Gasteiger partial charge in [-0.1, -0.05) is 31.4 Å². The first-order valence-corrected chi connectivity index (χ1v) is 10.5. The fraction of sp³-hybridized carbons (Fsp3) is 0.556. The number of carbonyl (C=O) groups is 2. The highest BCUT2D eigenvalue weighted by atomic mass is 32.2. The average molecular weight is 381 g/mol. The molecule has 2 fully saturated rings. The highest BCUT2D eigenvalue weighted by Gasteiger charge is 2.50. The van der Waals surface area contributed by atoms with E-state index in [1.807, 2.05) is 12.1 Å². The van der Waals surface area contributed by atoms with Gasteiger partial charge in [-0.2, -0.15) is 0 Å². The Morgan fingerprint density at radius 2 is 1.77 bits per heavy atom. The van der Waals surface area contributed by atoms with Crippen molar-refractivity contribution >= 4 is 21.7 Å². The molecule has 0 spiro atoms. The Kier molecular flexibility index (Phi) is 4.96. The number of methoxy groups -OCH3 is 1. The summed E-state index contributed by atoms with van der Waals surface area (Å²) in [6, 6.07) is 5.87. The van der Waals surface area contributed by atoms with Gasteiger partial charge < -0.3 is 14.7 Å². The normalized spacial score (nSPS) is 24.2. The van der Waals surface area contributed by atoms with Crippen LogP contribution in [0.1, 0.15) is 37.7 Å². The SMILES string of the molecule is COc1ccc(C2(C(=O)N3CS(=O)(=O)C[C@@H]3C(=O)O)CCCCC2)cc1. The zero-order valence-electron chi connectivity index (χ0n) is 14.7. The van der Waals surface area contributed by atoms with Gasteiger partial charge in [0.25, 0.3) is 0 Å². The summed E-state index contributed by atoms with van der Waals surface area (Å²) in [6.45, 7) is 0. The summed E-state index contributed by atoms with van der Waals surface area (Å²) in [6.07, 6.45) is 3.86. The molecule has 1 amide bonds. The number of carboxylic acid groups (broad SMARTS) is 1. The van der Waals surface area contributed by atoms with Crippen LogP contribution in [0.15, 0.2) is 24.3 Å². The first-order valence-electron chi connectivity index (χ1n) is 8.68. The van der Waals surface area contributed by atoms with Crippen LogP contribution in [0.2, 0.25) is 0 Å². The summed E-state index contributed by atoms with van der Waals surface area (Å²) < 4.78 is 29.2. The Morgan fingerprint density at radius 3 is 2.31 bits per heavy atom. The molecule has 0 aromatic heterocycles. The van der Waals surface area contributed by atoms with E-state index in [4.69, 9.17) is 4.74 Å². The predicted octanol–water partition coefficient (Wildman–Crippen LogP) is 1.56. The monoisotopic (exact) mass is 381 g/mol. The van der Waals surface area contributed by atoms with Gasteiger partial charge in [0.1, 0.15) is 17.7 Å². The van der Waals surface area contributed by atoms with Gasteiger partial charge in [-0.3, -0.25) is 4.79 Å². The van der Waals surface area contributed by atoms with Crippen molar-refractivity contribution in [2.75, 3.05) is 18.7 Å². The summed E-state index contributed by atoms with van der Waals surface area (Å²) in [5.74, 6) is -2.05. The first-order chi connectivity index (χ1) is 12.3. The molecule has 26 heavy (non-hydrogen) atoms. The Bertz CT molecular complexity index is 795. The van der Waals surface area contributed by atoms with Crippen molar-refractivity contribution in [1.29, 1.82) is 0 Å². The van der Waals surface area contributed by atoms with E-state index in [-0.39, 0.29) is 0 Å². The molecule has 1 aromatic rings. The Labute approximate surface area is 152 Å². The first kappa shape index (κ1) is 18.7. The summed E-state index contributed by atoms with van der Waals surface area (Å²) in [5, 5.41) is 9.41. The van der Waals surface area contributed by atoms with Crippen molar-refractivity contribution in [3.8, 4) is 5.75 Å². The lowest BCUT2D eigenvalue weighted by atomic mass is 9.68. The van der Waals surface area contributed by atoms with Gasteiger partial charge in [0.15, 0.2) is 9.84 Å². The molecular weight excluding hydrogens is 358 g/mol. The van der Waals surface area contributed by atoms with E-state index in [9.17, 15) is 23.1 Å². The van der Waals surface area contributed by atoms with E-state index < -0.39 is 44.8 Å². The van der Waals surface area contributed by atoms with Gasteiger partial charge in [-0.05, 0) is 30.5 Å². The van der Waals surface area contributed by atoms with E-state index in [0.717, 1.165) is 29.7 Å². The fourth-order valence-electron chi connectivity index (χ4n) is 4.06. The van der Waals surface area contributed by atoms with E-state index in [2.05, 4.69) is 0 Å². The lowest BCUT2D eigenvalue weighted by Gasteiger charge is -2.39. The molecule has 2 aliphatic rings. The van der Waals surface area contributed by atoms with Crippen molar-refractivity contribution in [2.24, 2.45) is 0 Å². The van der Waals surface area contributed by atoms with Crippen LogP contribution in [-0.4, -0.2) is 55.1 Å². The lowest BCUT2D eigenvalue weighted by molar-refractivity contribution is -0.151. The van der Waals surface area contributed by atoms with Crippen molar-refractivity contribution in [3.05, 3.63) is 29.8 Å². The molecule has 0 bridgehead atoms. The third-order valence-electron chi connectivity index (χ3n) is 5.43. The highest BCUT2D eigenvalue weighted by molar-refractivity contribution is 7.91. The van der Waals surface area contributed by atoms with Crippen LogP contribution < -0.4 is 4.74 Å². The minimum Gasteiger partial charge on any atom is -0.497 e. The van der Waals surface area contributed by atoms with E-state index in [1.165, 1.54) is 0 Å². The molecule has 1 aromatic carbocycles. The molecule has 1 saturated carbocycles. The molecule has 1 atom stereocenters. The number of ether oxygens (including phenoxy) is 1. The van der Waals surface area contributed by atoms with Crippen LogP contribution >= 0.6 is 0 Å².